The van der Waals surface area contributed by atoms with Crippen molar-refractivity contribution in [3.05, 3.63) is 53.8 Å². The smallest absolute Gasteiger partial charge is 0.258 e. The molecule has 0 saturated carbocycles. The molecule has 4 nitrogen and oxygen atoms in total. The first-order valence-corrected chi connectivity index (χ1v) is 7.32. The van der Waals surface area contributed by atoms with E-state index in [0.29, 0.717) is 18.7 Å². The van der Waals surface area contributed by atoms with Crippen LogP contribution in [0.1, 0.15) is 10.4 Å². The molecule has 112 valence electrons. The first-order valence-electron chi connectivity index (χ1n) is 7.32. The predicted octanol–water partition coefficient (Wildman–Crippen LogP) is 2.68. The molecule has 0 saturated heterocycles. The van der Waals surface area contributed by atoms with Crippen molar-refractivity contribution in [3.8, 4) is 5.75 Å². The number of carbonyl (C=O) groups is 1. The number of hydrogen-bond donors (Lipinski definition) is 0. The highest BCUT2D eigenvalue weighted by molar-refractivity contribution is 6.09. The van der Waals surface area contributed by atoms with E-state index in [1.807, 2.05) is 18.2 Å². The number of anilines is 2. The maximum Gasteiger partial charge on any atom is 0.258 e. The Hall–Kier alpha value is -2.56. The van der Waals surface area contributed by atoms with Crippen molar-refractivity contribution in [1.82, 2.24) is 0 Å². The zero-order valence-electron chi connectivity index (χ0n) is 12.0. The van der Waals surface area contributed by atoms with Gasteiger partial charge in [0.15, 0.2) is 0 Å². The van der Waals surface area contributed by atoms with E-state index in [1.54, 1.807) is 17.0 Å². The van der Waals surface area contributed by atoms with E-state index in [0.717, 1.165) is 30.2 Å². The van der Waals surface area contributed by atoms with Gasteiger partial charge in [-0.1, -0.05) is 12.1 Å². The molecule has 22 heavy (non-hydrogen) atoms. The molecule has 0 N–H and O–H groups in total. The second-order valence-corrected chi connectivity index (χ2v) is 5.43. The van der Waals surface area contributed by atoms with Gasteiger partial charge in [-0.25, -0.2) is 4.39 Å². The highest BCUT2D eigenvalue weighted by Gasteiger charge is 2.31. The van der Waals surface area contributed by atoms with E-state index < -0.39 is 5.82 Å². The van der Waals surface area contributed by atoms with Crippen molar-refractivity contribution >= 4 is 17.3 Å². The second kappa shape index (κ2) is 5.02. The largest absolute Gasteiger partial charge is 0.489 e. The Morgan fingerprint density at radius 2 is 1.95 bits per heavy atom. The molecule has 5 heteroatoms. The van der Waals surface area contributed by atoms with Crippen LogP contribution in [0.15, 0.2) is 42.5 Å². The summed E-state index contributed by atoms with van der Waals surface area (Å²) in [6, 6.07) is 11.5. The number of halogens is 1. The normalized spacial score (nSPS) is 16.0. The zero-order chi connectivity index (χ0) is 15.1. The Balaban J connectivity index is 1.76. The van der Waals surface area contributed by atoms with Gasteiger partial charge in [0, 0.05) is 18.7 Å². The molecule has 0 spiro atoms. The number of benzene rings is 2. The maximum atomic E-state index is 13.4. The van der Waals surface area contributed by atoms with Gasteiger partial charge < -0.3 is 14.5 Å². The number of carbonyl (C=O) groups excluding carboxylic acids is 1. The van der Waals surface area contributed by atoms with Crippen LogP contribution < -0.4 is 14.5 Å². The molecule has 0 bridgehead atoms. The summed E-state index contributed by atoms with van der Waals surface area (Å²) in [7, 11) is 0. The van der Waals surface area contributed by atoms with Crippen molar-refractivity contribution in [1.29, 1.82) is 0 Å². The topological polar surface area (TPSA) is 32.8 Å². The van der Waals surface area contributed by atoms with E-state index in [9.17, 15) is 9.18 Å². The van der Waals surface area contributed by atoms with Crippen LogP contribution in [0.3, 0.4) is 0 Å². The average molecular weight is 298 g/mol. The second-order valence-electron chi connectivity index (χ2n) is 5.43. The SMILES string of the molecule is O=C(c1cccc(F)c1)N1CCN2CCOc3cccc1c32. The Morgan fingerprint density at radius 3 is 2.82 bits per heavy atom. The van der Waals surface area contributed by atoms with E-state index >= 15 is 0 Å². The fourth-order valence-electron chi connectivity index (χ4n) is 3.09. The lowest BCUT2D eigenvalue weighted by Gasteiger charge is -2.41. The highest BCUT2D eigenvalue weighted by atomic mass is 19.1. The van der Waals surface area contributed by atoms with Crippen LogP contribution in [0.25, 0.3) is 0 Å². The molecular formula is C17H15FN2O2. The fraction of sp³-hybridized carbons (Fsp3) is 0.235. The number of amides is 1. The molecule has 4 rings (SSSR count). The third-order valence-corrected chi connectivity index (χ3v) is 4.11. The van der Waals surface area contributed by atoms with Crippen LogP contribution in [-0.4, -0.2) is 32.1 Å². The molecular weight excluding hydrogens is 283 g/mol. The van der Waals surface area contributed by atoms with Gasteiger partial charge in [0.25, 0.3) is 5.91 Å². The van der Waals surface area contributed by atoms with E-state index in [2.05, 4.69) is 4.90 Å². The van der Waals surface area contributed by atoms with Gasteiger partial charge in [0.1, 0.15) is 23.9 Å². The summed E-state index contributed by atoms with van der Waals surface area (Å²) < 4.78 is 19.1. The first-order chi connectivity index (χ1) is 10.7. The van der Waals surface area contributed by atoms with Gasteiger partial charge in [0.05, 0.1) is 12.2 Å². The third-order valence-electron chi connectivity index (χ3n) is 4.11. The molecule has 2 aromatic rings. The predicted molar refractivity (Wildman–Crippen MR) is 82.2 cm³/mol. The number of rotatable bonds is 1. The van der Waals surface area contributed by atoms with Gasteiger partial charge in [-0.3, -0.25) is 4.79 Å². The summed E-state index contributed by atoms with van der Waals surface area (Å²) in [5.74, 6) is 0.224. The van der Waals surface area contributed by atoms with Crippen molar-refractivity contribution in [2.24, 2.45) is 0 Å². The minimum Gasteiger partial charge on any atom is -0.489 e. The van der Waals surface area contributed by atoms with Crippen LogP contribution in [0, 0.1) is 5.82 Å². The van der Waals surface area contributed by atoms with Crippen LogP contribution in [0.4, 0.5) is 15.8 Å². The summed E-state index contributed by atoms with van der Waals surface area (Å²) in [6.45, 7) is 2.83. The monoisotopic (exact) mass is 298 g/mol. The number of nitrogens with zero attached hydrogens (tertiary/aromatic N) is 2. The standard InChI is InChI=1S/C17H15FN2O2/c18-13-4-1-3-12(11-13)17(21)20-8-7-19-9-10-22-15-6-2-5-14(20)16(15)19/h1-6,11H,7-10H2. The number of hydrogen-bond acceptors (Lipinski definition) is 3. The van der Waals surface area contributed by atoms with E-state index in [1.165, 1.54) is 12.1 Å². The zero-order valence-corrected chi connectivity index (χ0v) is 12.0. The Bertz CT molecular complexity index is 747. The van der Waals surface area contributed by atoms with Crippen LogP contribution in [-0.2, 0) is 0 Å². The summed E-state index contributed by atoms with van der Waals surface area (Å²) in [5, 5.41) is 0. The summed E-state index contributed by atoms with van der Waals surface area (Å²) in [6.07, 6.45) is 0. The lowest BCUT2D eigenvalue weighted by molar-refractivity contribution is 0.0986. The van der Waals surface area contributed by atoms with Crippen molar-refractivity contribution < 1.29 is 13.9 Å². The minimum absolute atomic E-state index is 0.182. The Labute approximate surface area is 127 Å². The summed E-state index contributed by atoms with van der Waals surface area (Å²) in [5.41, 5.74) is 2.16. The molecule has 0 fully saturated rings. The Morgan fingerprint density at radius 1 is 1.09 bits per heavy atom. The van der Waals surface area contributed by atoms with E-state index in [4.69, 9.17) is 4.74 Å². The molecule has 2 aliphatic rings. The maximum absolute atomic E-state index is 13.4. The molecule has 0 atom stereocenters. The van der Waals surface area contributed by atoms with Gasteiger partial charge in [-0.15, -0.1) is 0 Å². The van der Waals surface area contributed by atoms with Gasteiger partial charge in [-0.05, 0) is 30.3 Å². The lowest BCUT2D eigenvalue weighted by Crippen LogP contribution is -2.47. The molecule has 2 aliphatic heterocycles. The fourth-order valence-corrected chi connectivity index (χ4v) is 3.09. The molecule has 0 aromatic heterocycles. The van der Waals surface area contributed by atoms with Gasteiger partial charge in [0.2, 0.25) is 0 Å². The number of para-hydroxylation sites is 1. The Kier molecular flexibility index (Phi) is 2.99. The van der Waals surface area contributed by atoms with Gasteiger partial charge in [-0.2, -0.15) is 0 Å². The van der Waals surface area contributed by atoms with Crippen molar-refractivity contribution in [3.63, 3.8) is 0 Å². The quantitative estimate of drug-likeness (QED) is 0.811. The molecule has 0 unspecified atom stereocenters. The average Bonchev–Trinajstić information content (AvgIpc) is 2.55. The molecule has 2 aromatic carbocycles. The third kappa shape index (κ3) is 2.01. The lowest BCUT2D eigenvalue weighted by atomic mass is 10.1. The van der Waals surface area contributed by atoms with Crippen molar-refractivity contribution in [2.45, 2.75) is 0 Å². The highest BCUT2D eigenvalue weighted by Crippen LogP contribution is 2.42. The van der Waals surface area contributed by atoms with E-state index in [-0.39, 0.29) is 5.91 Å². The van der Waals surface area contributed by atoms with Crippen LogP contribution in [0.5, 0.6) is 5.75 Å². The summed E-state index contributed by atoms with van der Waals surface area (Å²) in [4.78, 5) is 16.7. The van der Waals surface area contributed by atoms with Crippen molar-refractivity contribution in [2.75, 3.05) is 36.0 Å². The molecule has 0 aliphatic carbocycles. The van der Waals surface area contributed by atoms with Crippen LogP contribution >= 0.6 is 0 Å². The van der Waals surface area contributed by atoms with Crippen LogP contribution in [0.2, 0.25) is 0 Å². The minimum atomic E-state index is -0.400. The van der Waals surface area contributed by atoms with Gasteiger partial charge >= 0.3 is 0 Å². The number of ether oxygens (including phenoxy) is 1. The first kappa shape index (κ1) is 13.1. The molecule has 1 amide bonds. The molecule has 0 radical (unpaired) electrons. The molecule has 2 heterocycles. The summed E-state index contributed by atoms with van der Waals surface area (Å²) >= 11 is 0.